The van der Waals surface area contributed by atoms with E-state index < -0.39 is 0 Å². The van der Waals surface area contributed by atoms with E-state index in [-0.39, 0.29) is 6.10 Å². The second-order valence-corrected chi connectivity index (χ2v) is 10.7. The van der Waals surface area contributed by atoms with Gasteiger partial charge in [0.25, 0.3) is 0 Å². The molecule has 0 amide bonds. The standard InChI is InChI=1S/C27H39N3O2/c1-19(2)15-23-20(3)28-17-24(26(23)30-12-10-27(4,5)11-13-30)25-9-8-21(16-29-25)32-18-22-7-6-14-31-22/h8-9,16-17,19,22H,6-7,10-15,18H2,1-5H3. The van der Waals surface area contributed by atoms with Gasteiger partial charge in [-0.05, 0) is 68.1 Å². The van der Waals surface area contributed by atoms with Gasteiger partial charge < -0.3 is 14.4 Å². The number of rotatable bonds is 7. The summed E-state index contributed by atoms with van der Waals surface area (Å²) in [6.07, 6.45) is 9.72. The topological polar surface area (TPSA) is 47.5 Å². The molecule has 5 heteroatoms. The first-order chi connectivity index (χ1) is 15.3. The third kappa shape index (κ3) is 5.43. The Labute approximate surface area is 193 Å². The van der Waals surface area contributed by atoms with Crippen LogP contribution in [0.4, 0.5) is 5.69 Å². The number of aryl methyl sites for hydroxylation is 1. The van der Waals surface area contributed by atoms with Crippen LogP contribution in [0.5, 0.6) is 5.75 Å². The van der Waals surface area contributed by atoms with E-state index in [0.717, 1.165) is 61.7 Å². The Balaban J connectivity index is 1.62. The molecule has 32 heavy (non-hydrogen) atoms. The van der Waals surface area contributed by atoms with Crippen molar-refractivity contribution in [2.75, 3.05) is 31.2 Å². The van der Waals surface area contributed by atoms with Crippen LogP contribution in [0.1, 0.15) is 64.6 Å². The van der Waals surface area contributed by atoms with Crippen LogP contribution in [0.3, 0.4) is 0 Å². The lowest BCUT2D eigenvalue weighted by Gasteiger charge is -2.40. The van der Waals surface area contributed by atoms with Crippen LogP contribution < -0.4 is 9.64 Å². The summed E-state index contributed by atoms with van der Waals surface area (Å²) in [7, 11) is 0. The molecule has 0 aromatic carbocycles. The normalized spacial score (nSPS) is 20.7. The minimum atomic E-state index is 0.213. The van der Waals surface area contributed by atoms with Gasteiger partial charge in [0, 0.05) is 37.2 Å². The van der Waals surface area contributed by atoms with Crippen molar-refractivity contribution < 1.29 is 9.47 Å². The molecule has 0 spiro atoms. The molecule has 174 valence electrons. The molecule has 0 bridgehead atoms. The Morgan fingerprint density at radius 1 is 1.16 bits per heavy atom. The van der Waals surface area contributed by atoms with Crippen LogP contribution in [0.15, 0.2) is 24.5 Å². The fraction of sp³-hybridized carbons (Fsp3) is 0.630. The average molecular weight is 438 g/mol. The number of piperidine rings is 1. The fourth-order valence-corrected chi connectivity index (χ4v) is 4.76. The molecule has 2 saturated heterocycles. The van der Waals surface area contributed by atoms with Gasteiger partial charge in [-0.25, -0.2) is 0 Å². The highest BCUT2D eigenvalue weighted by Gasteiger charge is 2.29. The Morgan fingerprint density at radius 2 is 1.94 bits per heavy atom. The van der Waals surface area contributed by atoms with Gasteiger partial charge in [-0.1, -0.05) is 27.7 Å². The van der Waals surface area contributed by atoms with Gasteiger partial charge in [-0.3, -0.25) is 9.97 Å². The Hall–Kier alpha value is -2.14. The van der Waals surface area contributed by atoms with E-state index in [2.05, 4.69) is 45.6 Å². The van der Waals surface area contributed by atoms with Crippen LogP contribution >= 0.6 is 0 Å². The predicted octanol–water partition coefficient (Wildman–Crippen LogP) is 5.83. The molecule has 0 radical (unpaired) electrons. The van der Waals surface area contributed by atoms with E-state index in [1.807, 2.05) is 18.5 Å². The van der Waals surface area contributed by atoms with Gasteiger partial charge in [0.1, 0.15) is 12.4 Å². The maximum Gasteiger partial charge on any atom is 0.137 e. The van der Waals surface area contributed by atoms with Gasteiger partial charge in [-0.15, -0.1) is 0 Å². The van der Waals surface area contributed by atoms with E-state index in [1.165, 1.54) is 24.1 Å². The minimum Gasteiger partial charge on any atom is -0.489 e. The molecule has 5 nitrogen and oxygen atoms in total. The lowest BCUT2D eigenvalue weighted by molar-refractivity contribution is 0.0678. The number of hydrogen-bond acceptors (Lipinski definition) is 5. The highest BCUT2D eigenvalue weighted by molar-refractivity contribution is 5.79. The molecule has 2 aromatic rings. The molecule has 0 aliphatic carbocycles. The molecular weight excluding hydrogens is 398 g/mol. The van der Waals surface area contributed by atoms with Gasteiger partial charge in [0.15, 0.2) is 0 Å². The molecule has 0 N–H and O–H groups in total. The molecule has 2 aliphatic rings. The smallest absolute Gasteiger partial charge is 0.137 e. The summed E-state index contributed by atoms with van der Waals surface area (Å²) in [5, 5.41) is 0. The quantitative estimate of drug-likeness (QED) is 0.545. The van der Waals surface area contributed by atoms with Gasteiger partial charge in [-0.2, -0.15) is 0 Å². The molecule has 1 unspecified atom stereocenters. The Kier molecular flexibility index (Phi) is 7.04. The van der Waals surface area contributed by atoms with Crippen LogP contribution in [0, 0.1) is 18.3 Å². The highest BCUT2D eigenvalue weighted by Crippen LogP contribution is 2.40. The van der Waals surface area contributed by atoms with Crippen molar-refractivity contribution >= 4 is 5.69 Å². The molecule has 4 heterocycles. The Morgan fingerprint density at radius 3 is 2.56 bits per heavy atom. The first kappa shape index (κ1) is 23.0. The van der Waals surface area contributed by atoms with Crippen molar-refractivity contribution in [1.82, 2.24) is 9.97 Å². The average Bonchev–Trinajstić information content (AvgIpc) is 3.28. The van der Waals surface area contributed by atoms with Crippen LogP contribution in [0.2, 0.25) is 0 Å². The summed E-state index contributed by atoms with van der Waals surface area (Å²) in [5.74, 6) is 1.38. The van der Waals surface area contributed by atoms with Crippen molar-refractivity contribution in [3.8, 4) is 17.0 Å². The maximum absolute atomic E-state index is 5.93. The van der Waals surface area contributed by atoms with Crippen molar-refractivity contribution in [3.63, 3.8) is 0 Å². The zero-order valence-corrected chi connectivity index (χ0v) is 20.5. The first-order valence-electron chi connectivity index (χ1n) is 12.3. The Bertz CT molecular complexity index is 892. The number of hydrogen-bond donors (Lipinski definition) is 0. The van der Waals surface area contributed by atoms with E-state index in [4.69, 9.17) is 19.4 Å². The van der Waals surface area contributed by atoms with Crippen LogP contribution in [-0.2, 0) is 11.2 Å². The summed E-state index contributed by atoms with van der Waals surface area (Å²) in [6, 6.07) is 4.11. The first-order valence-corrected chi connectivity index (χ1v) is 12.3. The molecular formula is C27H39N3O2. The molecule has 4 rings (SSSR count). The SMILES string of the molecule is Cc1ncc(-c2ccc(OCC3CCCO3)cn2)c(N2CCC(C)(C)CC2)c1CC(C)C. The highest BCUT2D eigenvalue weighted by atomic mass is 16.5. The second kappa shape index (κ2) is 9.78. The van der Waals surface area contributed by atoms with Crippen LogP contribution in [-0.4, -0.2) is 42.4 Å². The summed E-state index contributed by atoms with van der Waals surface area (Å²) >= 11 is 0. The van der Waals surface area contributed by atoms with Gasteiger partial charge in [0.2, 0.25) is 0 Å². The lowest BCUT2D eigenvalue weighted by Crippen LogP contribution is -2.38. The number of aromatic nitrogens is 2. The van der Waals surface area contributed by atoms with E-state index in [9.17, 15) is 0 Å². The van der Waals surface area contributed by atoms with Crippen molar-refractivity contribution in [2.24, 2.45) is 11.3 Å². The minimum absolute atomic E-state index is 0.213. The van der Waals surface area contributed by atoms with Crippen molar-refractivity contribution in [3.05, 3.63) is 35.8 Å². The van der Waals surface area contributed by atoms with E-state index in [0.29, 0.717) is 17.9 Å². The third-order valence-corrected chi connectivity index (χ3v) is 6.88. The van der Waals surface area contributed by atoms with E-state index >= 15 is 0 Å². The molecule has 2 aromatic heterocycles. The summed E-state index contributed by atoms with van der Waals surface area (Å²) in [5.41, 5.74) is 6.36. The number of anilines is 1. The van der Waals surface area contributed by atoms with Crippen molar-refractivity contribution in [2.45, 2.75) is 72.8 Å². The molecule has 2 fully saturated rings. The number of nitrogens with zero attached hydrogens (tertiary/aromatic N) is 3. The van der Waals surface area contributed by atoms with E-state index in [1.54, 1.807) is 0 Å². The maximum atomic E-state index is 5.93. The predicted molar refractivity (Wildman–Crippen MR) is 130 cm³/mol. The van der Waals surface area contributed by atoms with Gasteiger partial charge >= 0.3 is 0 Å². The van der Waals surface area contributed by atoms with Crippen LogP contribution in [0.25, 0.3) is 11.3 Å². The summed E-state index contributed by atoms with van der Waals surface area (Å²) < 4.78 is 11.6. The molecule has 2 aliphatic heterocycles. The number of ether oxygens (including phenoxy) is 2. The largest absolute Gasteiger partial charge is 0.489 e. The summed E-state index contributed by atoms with van der Waals surface area (Å²) in [6.45, 7) is 15.1. The van der Waals surface area contributed by atoms with Gasteiger partial charge in [0.05, 0.1) is 23.7 Å². The fourth-order valence-electron chi connectivity index (χ4n) is 4.76. The number of pyridine rings is 2. The van der Waals surface area contributed by atoms with Crippen molar-refractivity contribution in [1.29, 1.82) is 0 Å². The zero-order chi connectivity index (χ0) is 22.7. The second-order valence-electron chi connectivity index (χ2n) is 10.7. The summed E-state index contributed by atoms with van der Waals surface area (Å²) in [4.78, 5) is 12.2. The third-order valence-electron chi connectivity index (χ3n) is 6.88. The molecule has 1 atom stereocenters. The zero-order valence-electron chi connectivity index (χ0n) is 20.5. The lowest BCUT2D eigenvalue weighted by atomic mass is 9.82. The monoisotopic (exact) mass is 437 g/mol. The molecule has 0 saturated carbocycles.